The Kier molecular flexibility index (Phi) is 2.33. The van der Waals surface area contributed by atoms with Crippen molar-refractivity contribution in [1.82, 2.24) is 14.5 Å². The number of rotatable bonds is 1. The Hall–Kier alpha value is -2.30. The molecule has 0 amide bonds. The summed E-state index contributed by atoms with van der Waals surface area (Å²) < 4.78 is 28.5. The standard InChI is InChI=1S/C13H9F2N3/c1-8-17-13-10(15)6-9(14)7-11(13)18(8)12-4-2-3-5-16-12/h2-7H,1H3. The van der Waals surface area contributed by atoms with Gasteiger partial charge in [0.05, 0.1) is 5.52 Å². The fraction of sp³-hybridized carbons (Fsp3) is 0.0769. The molecule has 5 heteroatoms. The van der Waals surface area contributed by atoms with Crippen LogP contribution in [0.15, 0.2) is 36.5 Å². The molecule has 0 spiro atoms. The van der Waals surface area contributed by atoms with Gasteiger partial charge in [-0.15, -0.1) is 0 Å². The molecule has 0 aliphatic rings. The van der Waals surface area contributed by atoms with E-state index >= 15 is 0 Å². The van der Waals surface area contributed by atoms with Crippen LogP contribution in [0.25, 0.3) is 16.9 Å². The smallest absolute Gasteiger partial charge is 0.153 e. The van der Waals surface area contributed by atoms with E-state index in [2.05, 4.69) is 9.97 Å². The summed E-state index contributed by atoms with van der Waals surface area (Å²) in [4.78, 5) is 8.28. The zero-order chi connectivity index (χ0) is 12.7. The summed E-state index contributed by atoms with van der Waals surface area (Å²) in [5.74, 6) is -0.143. The van der Waals surface area contributed by atoms with Crippen molar-refractivity contribution in [3.8, 4) is 5.82 Å². The maximum Gasteiger partial charge on any atom is 0.153 e. The molecular formula is C13H9F2N3. The number of imidazole rings is 1. The summed E-state index contributed by atoms with van der Waals surface area (Å²) in [6, 6.07) is 7.43. The van der Waals surface area contributed by atoms with Gasteiger partial charge in [0.25, 0.3) is 0 Å². The van der Waals surface area contributed by atoms with Crippen LogP contribution in [0.4, 0.5) is 8.78 Å². The average Bonchev–Trinajstić information content (AvgIpc) is 2.67. The Labute approximate surface area is 102 Å². The van der Waals surface area contributed by atoms with Gasteiger partial charge in [0, 0.05) is 18.3 Å². The summed E-state index contributed by atoms with van der Waals surface area (Å²) >= 11 is 0. The fourth-order valence-electron chi connectivity index (χ4n) is 1.99. The Balaban J connectivity index is 2.39. The van der Waals surface area contributed by atoms with Crippen LogP contribution in [0.1, 0.15) is 5.82 Å². The molecule has 0 bridgehead atoms. The molecular weight excluding hydrogens is 236 g/mol. The highest BCUT2D eigenvalue weighted by atomic mass is 19.1. The second-order valence-electron chi connectivity index (χ2n) is 3.94. The Bertz CT molecular complexity index is 720. The van der Waals surface area contributed by atoms with E-state index < -0.39 is 11.6 Å². The lowest BCUT2D eigenvalue weighted by molar-refractivity contribution is 0.590. The first kappa shape index (κ1) is 10.8. The molecule has 3 rings (SSSR count). The SMILES string of the molecule is Cc1nc2c(F)cc(F)cc2n1-c1ccccn1. The monoisotopic (exact) mass is 245 g/mol. The van der Waals surface area contributed by atoms with E-state index in [1.54, 1.807) is 29.8 Å². The molecule has 1 aromatic carbocycles. The van der Waals surface area contributed by atoms with E-state index in [0.717, 1.165) is 6.07 Å². The molecule has 0 radical (unpaired) electrons. The number of halogens is 2. The summed E-state index contributed by atoms with van der Waals surface area (Å²) in [5, 5.41) is 0. The largest absolute Gasteiger partial charge is 0.280 e. The lowest BCUT2D eigenvalue weighted by Gasteiger charge is -2.05. The van der Waals surface area contributed by atoms with Crippen molar-refractivity contribution in [1.29, 1.82) is 0 Å². The van der Waals surface area contributed by atoms with E-state index in [9.17, 15) is 8.78 Å². The number of benzene rings is 1. The number of hydrogen-bond donors (Lipinski definition) is 0. The molecule has 0 atom stereocenters. The third-order valence-corrected chi connectivity index (χ3v) is 2.72. The summed E-state index contributed by atoms with van der Waals surface area (Å²) in [5.41, 5.74) is 0.531. The first-order chi connectivity index (χ1) is 8.66. The minimum atomic E-state index is -0.664. The van der Waals surface area contributed by atoms with Crippen LogP contribution in [-0.2, 0) is 0 Å². The zero-order valence-corrected chi connectivity index (χ0v) is 9.56. The summed E-state index contributed by atoms with van der Waals surface area (Å²) in [6.07, 6.45) is 1.62. The average molecular weight is 245 g/mol. The number of aryl methyl sites for hydroxylation is 1. The highest BCUT2D eigenvalue weighted by Gasteiger charge is 2.14. The molecule has 2 heterocycles. The van der Waals surface area contributed by atoms with Crippen LogP contribution >= 0.6 is 0 Å². The van der Waals surface area contributed by atoms with Crippen molar-refractivity contribution in [3.63, 3.8) is 0 Å². The predicted octanol–water partition coefficient (Wildman–Crippen LogP) is 3.01. The molecule has 0 aliphatic carbocycles. The van der Waals surface area contributed by atoms with Gasteiger partial charge in [-0.05, 0) is 19.1 Å². The van der Waals surface area contributed by atoms with Crippen molar-refractivity contribution in [2.45, 2.75) is 6.92 Å². The molecule has 0 aliphatic heterocycles. The molecule has 18 heavy (non-hydrogen) atoms. The van der Waals surface area contributed by atoms with Gasteiger partial charge in [0.2, 0.25) is 0 Å². The summed E-state index contributed by atoms with van der Waals surface area (Å²) in [6.45, 7) is 1.73. The Morgan fingerprint density at radius 1 is 1.17 bits per heavy atom. The van der Waals surface area contributed by atoms with E-state index in [4.69, 9.17) is 0 Å². The van der Waals surface area contributed by atoms with Crippen molar-refractivity contribution in [2.24, 2.45) is 0 Å². The molecule has 90 valence electrons. The van der Waals surface area contributed by atoms with Gasteiger partial charge >= 0.3 is 0 Å². The number of hydrogen-bond acceptors (Lipinski definition) is 2. The Morgan fingerprint density at radius 2 is 2.00 bits per heavy atom. The quantitative estimate of drug-likeness (QED) is 0.659. The van der Waals surface area contributed by atoms with E-state index in [1.807, 2.05) is 6.07 Å². The van der Waals surface area contributed by atoms with Crippen molar-refractivity contribution in [2.75, 3.05) is 0 Å². The molecule has 2 aromatic heterocycles. The second kappa shape index (κ2) is 3.87. The third kappa shape index (κ3) is 1.55. The second-order valence-corrected chi connectivity index (χ2v) is 3.94. The van der Waals surface area contributed by atoms with Gasteiger partial charge in [0.1, 0.15) is 23.0 Å². The van der Waals surface area contributed by atoms with Gasteiger partial charge in [-0.25, -0.2) is 18.7 Å². The molecule has 3 aromatic rings. The molecule has 0 saturated carbocycles. The number of aromatic nitrogens is 3. The first-order valence-corrected chi connectivity index (χ1v) is 5.42. The van der Waals surface area contributed by atoms with Crippen molar-refractivity contribution in [3.05, 3.63) is 54.0 Å². The van der Waals surface area contributed by atoms with Gasteiger partial charge in [-0.3, -0.25) is 4.57 Å². The van der Waals surface area contributed by atoms with Crippen LogP contribution < -0.4 is 0 Å². The molecule has 0 N–H and O–H groups in total. The number of pyridine rings is 1. The maximum absolute atomic E-state index is 13.6. The van der Waals surface area contributed by atoms with Gasteiger partial charge in [-0.1, -0.05) is 6.07 Å². The van der Waals surface area contributed by atoms with Gasteiger partial charge < -0.3 is 0 Å². The van der Waals surface area contributed by atoms with E-state index in [0.29, 0.717) is 17.2 Å². The molecule has 0 fully saturated rings. The predicted molar refractivity (Wildman–Crippen MR) is 63.5 cm³/mol. The lowest BCUT2D eigenvalue weighted by atomic mass is 10.3. The Morgan fingerprint density at radius 3 is 2.72 bits per heavy atom. The highest BCUT2D eigenvalue weighted by molar-refractivity contribution is 5.78. The van der Waals surface area contributed by atoms with Crippen LogP contribution in [0.3, 0.4) is 0 Å². The third-order valence-electron chi connectivity index (χ3n) is 2.72. The van der Waals surface area contributed by atoms with Gasteiger partial charge in [-0.2, -0.15) is 0 Å². The summed E-state index contributed by atoms with van der Waals surface area (Å²) in [7, 11) is 0. The topological polar surface area (TPSA) is 30.7 Å². The first-order valence-electron chi connectivity index (χ1n) is 5.42. The van der Waals surface area contributed by atoms with Crippen molar-refractivity contribution < 1.29 is 8.78 Å². The minimum absolute atomic E-state index is 0.152. The lowest BCUT2D eigenvalue weighted by Crippen LogP contribution is -1.99. The zero-order valence-electron chi connectivity index (χ0n) is 9.56. The maximum atomic E-state index is 13.6. The normalized spacial score (nSPS) is 11.1. The van der Waals surface area contributed by atoms with Gasteiger partial charge in [0.15, 0.2) is 5.82 Å². The van der Waals surface area contributed by atoms with Crippen molar-refractivity contribution >= 4 is 11.0 Å². The number of fused-ring (bicyclic) bond motifs is 1. The minimum Gasteiger partial charge on any atom is -0.280 e. The molecule has 0 saturated heterocycles. The van der Waals surface area contributed by atoms with E-state index in [1.165, 1.54) is 6.07 Å². The van der Waals surface area contributed by atoms with E-state index in [-0.39, 0.29) is 5.52 Å². The van der Waals surface area contributed by atoms with Crippen LogP contribution in [0, 0.1) is 18.6 Å². The fourth-order valence-corrected chi connectivity index (χ4v) is 1.99. The van der Waals surface area contributed by atoms with Crippen LogP contribution in [0.5, 0.6) is 0 Å². The van der Waals surface area contributed by atoms with Crippen LogP contribution in [0.2, 0.25) is 0 Å². The molecule has 3 nitrogen and oxygen atoms in total. The van der Waals surface area contributed by atoms with Crippen LogP contribution in [-0.4, -0.2) is 14.5 Å². The highest BCUT2D eigenvalue weighted by Crippen LogP contribution is 2.23. The molecule has 0 unspecified atom stereocenters. The number of nitrogens with zero attached hydrogens (tertiary/aromatic N) is 3.